The van der Waals surface area contributed by atoms with E-state index in [1.165, 1.54) is 26.4 Å². The minimum atomic E-state index is -1.07. The lowest BCUT2D eigenvalue weighted by molar-refractivity contribution is -0.0561. The minimum Gasteiger partial charge on any atom is -0.502 e. The molecular formula is C13H20O6. The van der Waals surface area contributed by atoms with Crippen molar-refractivity contribution >= 4 is 0 Å². The molecule has 1 aromatic carbocycles. The van der Waals surface area contributed by atoms with Crippen LogP contribution < -0.4 is 9.47 Å². The van der Waals surface area contributed by atoms with Crippen LogP contribution in [0.2, 0.25) is 0 Å². The van der Waals surface area contributed by atoms with Crippen LogP contribution in [0.3, 0.4) is 0 Å². The van der Waals surface area contributed by atoms with Gasteiger partial charge in [0.15, 0.2) is 11.5 Å². The summed E-state index contributed by atoms with van der Waals surface area (Å²) in [5.41, 5.74) is 0.551. The van der Waals surface area contributed by atoms with Gasteiger partial charge in [-0.1, -0.05) is 0 Å². The molecular weight excluding hydrogens is 252 g/mol. The summed E-state index contributed by atoms with van der Waals surface area (Å²) in [7, 11) is 2.83. The van der Waals surface area contributed by atoms with Gasteiger partial charge in [-0.2, -0.15) is 0 Å². The van der Waals surface area contributed by atoms with Crippen LogP contribution in [-0.4, -0.2) is 48.9 Å². The van der Waals surface area contributed by atoms with E-state index in [1.54, 1.807) is 6.92 Å². The topological polar surface area (TPSA) is 88.4 Å². The molecule has 0 spiro atoms. The van der Waals surface area contributed by atoms with Crippen LogP contribution in [0.5, 0.6) is 17.2 Å². The third-order valence-corrected chi connectivity index (χ3v) is 2.71. The van der Waals surface area contributed by atoms with E-state index in [0.29, 0.717) is 12.2 Å². The molecule has 108 valence electrons. The van der Waals surface area contributed by atoms with E-state index in [1.807, 2.05) is 0 Å². The third-order valence-electron chi connectivity index (χ3n) is 2.71. The largest absolute Gasteiger partial charge is 0.502 e. The molecule has 0 amide bonds. The Morgan fingerprint density at radius 3 is 2.05 bits per heavy atom. The van der Waals surface area contributed by atoms with Crippen molar-refractivity contribution in [1.29, 1.82) is 0 Å². The van der Waals surface area contributed by atoms with Gasteiger partial charge in [0.25, 0.3) is 0 Å². The Morgan fingerprint density at radius 1 is 1.16 bits per heavy atom. The highest BCUT2D eigenvalue weighted by atomic mass is 16.5. The molecule has 19 heavy (non-hydrogen) atoms. The molecule has 0 fully saturated rings. The summed E-state index contributed by atoms with van der Waals surface area (Å²) in [6, 6.07) is 3.08. The number of rotatable bonds is 7. The van der Waals surface area contributed by atoms with Gasteiger partial charge in [0.1, 0.15) is 12.2 Å². The first-order valence-corrected chi connectivity index (χ1v) is 5.94. The number of aliphatic hydroxyl groups is 2. The molecule has 3 N–H and O–H groups in total. The first-order valence-electron chi connectivity index (χ1n) is 5.94. The number of aromatic hydroxyl groups is 1. The number of phenolic OH excluding ortho intramolecular Hbond substituents is 1. The first kappa shape index (κ1) is 15.6. The number of phenols is 1. The van der Waals surface area contributed by atoms with Gasteiger partial charge in [0.2, 0.25) is 5.75 Å². The van der Waals surface area contributed by atoms with E-state index in [-0.39, 0.29) is 17.2 Å². The summed E-state index contributed by atoms with van der Waals surface area (Å²) >= 11 is 0. The van der Waals surface area contributed by atoms with Crippen LogP contribution in [0.4, 0.5) is 0 Å². The van der Waals surface area contributed by atoms with Crippen molar-refractivity contribution in [3.63, 3.8) is 0 Å². The number of ether oxygens (including phenoxy) is 3. The van der Waals surface area contributed by atoms with Crippen LogP contribution in [-0.2, 0) is 4.74 Å². The van der Waals surface area contributed by atoms with Gasteiger partial charge < -0.3 is 29.5 Å². The van der Waals surface area contributed by atoms with Crippen molar-refractivity contribution in [2.75, 3.05) is 27.4 Å². The number of hydrogen-bond donors (Lipinski definition) is 3. The van der Waals surface area contributed by atoms with E-state index < -0.39 is 18.8 Å². The van der Waals surface area contributed by atoms with Gasteiger partial charge in [-0.3, -0.25) is 0 Å². The zero-order valence-corrected chi connectivity index (χ0v) is 11.3. The highest BCUT2D eigenvalue weighted by Crippen LogP contribution is 2.39. The summed E-state index contributed by atoms with van der Waals surface area (Å²) in [6.45, 7) is 1.72. The minimum absolute atomic E-state index is 0.123. The Balaban J connectivity index is 3.22. The molecule has 1 rings (SSSR count). The quantitative estimate of drug-likeness (QED) is 0.681. The van der Waals surface area contributed by atoms with E-state index in [9.17, 15) is 10.2 Å². The van der Waals surface area contributed by atoms with Crippen LogP contribution >= 0.6 is 0 Å². The van der Waals surface area contributed by atoms with Crippen molar-refractivity contribution in [3.05, 3.63) is 17.7 Å². The zero-order chi connectivity index (χ0) is 14.4. The number of benzene rings is 1. The maximum absolute atomic E-state index is 9.82. The smallest absolute Gasteiger partial charge is 0.200 e. The van der Waals surface area contributed by atoms with E-state index in [2.05, 4.69) is 0 Å². The molecule has 6 heteroatoms. The molecule has 0 aromatic heterocycles. The van der Waals surface area contributed by atoms with Gasteiger partial charge in [-0.05, 0) is 24.6 Å². The Bertz CT molecular complexity index is 381. The van der Waals surface area contributed by atoms with Crippen LogP contribution in [0, 0.1) is 0 Å². The predicted octanol–water partition coefficient (Wildman–Crippen LogP) is 0.840. The molecule has 0 aliphatic heterocycles. The molecule has 0 heterocycles. The molecule has 0 radical (unpaired) electrons. The molecule has 0 bridgehead atoms. The molecule has 2 atom stereocenters. The maximum Gasteiger partial charge on any atom is 0.200 e. The van der Waals surface area contributed by atoms with Crippen molar-refractivity contribution in [2.45, 2.75) is 19.1 Å². The second-order valence-corrected chi connectivity index (χ2v) is 3.90. The second kappa shape index (κ2) is 7.18. The summed E-state index contributed by atoms with van der Waals surface area (Å²) < 4.78 is 15.5. The molecule has 0 saturated carbocycles. The fourth-order valence-electron chi connectivity index (χ4n) is 1.78. The van der Waals surface area contributed by atoms with Gasteiger partial charge in [0, 0.05) is 6.61 Å². The molecule has 0 saturated heterocycles. The van der Waals surface area contributed by atoms with Crippen molar-refractivity contribution in [3.8, 4) is 17.2 Å². The molecule has 0 aliphatic carbocycles. The van der Waals surface area contributed by atoms with Crippen molar-refractivity contribution in [2.24, 2.45) is 0 Å². The zero-order valence-electron chi connectivity index (χ0n) is 11.3. The third kappa shape index (κ3) is 3.50. The Kier molecular flexibility index (Phi) is 5.88. The Labute approximate surface area is 112 Å². The molecule has 6 nitrogen and oxygen atoms in total. The fourth-order valence-corrected chi connectivity index (χ4v) is 1.78. The lowest BCUT2D eigenvalue weighted by Gasteiger charge is -2.23. The van der Waals surface area contributed by atoms with Crippen molar-refractivity contribution < 1.29 is 29.5 Å². The average molecular weight is 272 g/mol. The average Bonchev–Trinajstić information content (AvgIpc) is 2.44. The van der Waals surface area contributed by atoms with Gasteiger partial charge in [0.05, 0.1) is 20.8 Å². The SMILES string of the molecule is CCOC(c1cc(OC)c(O)c(OC)c1)C(O)CO. The number of methoxy groups -OCH3 is 2. The van der Waals surface area contributed by atoms with Crippen molar-refractivity contribution in [1.82, 2.24) is 0 Å². The lowest BCUT2D eigenvalue weighted by atomic mass is 10.0. The van der Waals surface area contributed by atoms with E-state index in [0.717, 1.165) is 0 Å². The first-order chi connectivity index (χ1) is 9.08. The highest BCUT2D eigenvalue weighted by Gasteiger charge is 2.24. The molecule has 0 aliphatic rings. The fraction of sp³-hybridized carbons (Fsp3) is 0.538. The lowest BCUT2D eigenvalue weighted by Crippen LogP contribution is -2.25. The predicted molar refractivity (Wildman–Crippen MR) is 68.7 cm³/mol. The summed E-state index contributed by atoms with van der Waals surface area (Å²) in [6.07, 6.45) is -1.79. The van der Waals surface area contributed by atoms with Gasteiger partial charge >= 0.3 is 0 Å². The molecule has 1 aromatic rings. The summed E-state index contributed by atoms with van der Waals surface area (Å²) in [5.74, 6) is 0.302. The summed E-state index contributed by atoms with van der Waals surface area (Å²) in [4.78, 5) is 0. The van der Waals surface area contributed by atoms with Crippen LogP contribution in [0.15, 0.2) is 12.1 Å². The Morgan fingerprint density at radius 2 is 1.68 bits per heavy atom. The standard InChI is InChI=1S/C13H20O6/c1-4-19-13(9(15)7-14)8-5-10(17-2)12(16)11(6-8)18-3/h5-6,9,13-16H,4,7H2,1-3H3. The van der Waals surface area contributed by atoms with Crippen LogP contribution in [0.1, 0.15) is 18.6 Å². The highest BCUT2D eigenvalue weighted by molar-refractivity contribution is 5.53. The number of hydrogen-bond acceptors (Lipinski definition) is 6. The van der Waals surface area contributed by atoms with E-state index >= 15 is 0 Å². The second-order valence-electron chi connectivity index (χ2n) is 3.90. The monoisotopic (exact) mass is 272 g/mol. The Hall–Kier alpha value is -1.50. The maximum atomic E-state index is 9.82. The molecule has 2 unspecified atom stereocenters. The van der Waals surface area contributed by atoms with Gasteiger partial charge in [-0.15, -0.1) is 0 Å². The summed E-state index contributed by atoms with van der Waals surface area (Å²) in [5, 5.41) is 28.7. The van der Waals surface area contributed by atoms with E-state index in [4.69, 9.17) is 19.3 Å². The normalized spacial score (nSPS) is 13.9. The van der Waals surface area contributed by atoms with Gasteiger partial charge in [-0.25, -0.2) is 0 Å². The van der Waals surface area contributed by atoms with Crippen LogP contribution in [0.25, 0.3) is 0 Å². The number of aliphatic hydroxyl groups excluding tert-OH is 2.